The SMILES string of the molecule is CC.COc1nc(N2CC3CCC(C2)N3C(=O)OC(C)(C)C)c2c(n1)sc1c(-c3c(C4CC4)c(Cl)cc4c3cnn4PI)nccc12.FC1CC2CCCN2C1. The van der Waals surface area contributed by atoms with E-state index in [0.717, 1.165) is 97.5 Å². The molecule has 300 valence electrons. The van der Waals surface area contributed by atoms with Crippen molar-refractivity contribution in [2.45, 2.75) is 115 Å². The number of alkyl halides is 1. The number of rotatable bonds is 5. The van der Waals surface area contributed by atoms with Gasteiger partial charge in [-0.15, -0.1) is 11.3 Å². The number of piperazine rings is 1. The Morgan fingerprint density at radius 2 is 1.80 bits per heavy atom. The zero-order valence-corrected chi connectivity index (χ0v) is 37.5. The Bertz CT molecular complexity index is 2240. The summed E-state index contributed by atoms with van der Waals surface area (Å²) in [5, 5.41) is 8.58. The molecule has 1 aliphatic carbocycles. The van der Waals surface area contributed by atoms with Gasteiger partial charge in [-0.3, -0.25) is 14.8 Å². The number of thiophene rings is 1. The van der Waals surface area contributed by atoms with Crippen molar-refractivity contribution >= 4 is 94.5 Å². The van der Waals surface area contributed by atoms with Crippen LogP contribution in [0.2, 0.25) is 5.02 Å². The monoisotopic (exact) mass is 934 g/mol. The summed E-state index contributed by atoms with van der Waals surface area (Å²) in [6, 6.07) is 5.17. The van der Waals surface area contributed by atoms with Gasteiger partial charge >= 0.3 is 12.1 Å². The smallest absolute Gasteiger partial charge is 0.410 e. The van der Waals surface area contributed by atoms with Crippen LogP contribution in [0.25, 0.3) is 42.5 Å². The maximum atomic E-state index is 13.2. The minimum absolute atomic E-state index is 0.0488. The molecule has 0 spiro atoms. The van der Waals surface area contributed by atoms with Gasteiger partial charge in [0.25, 0.3) is 0 Å². The summed E-state index contributed by atoms with van der Waals surface area (Å²) in [7, 11) is 1.60. The van der Waals surface area contributed by atoms with Crippen molar-refractivity contribution in [3.8, 4) is 17.3 Å². The third-order valence-corrected chi connectivity index (χ3v) is 14.7. The standard InChI is InChI=1S/C31H32ClIN7O3PS.C7H12FN.C2H6/c1-31(2,3)43-30(41)39-16-7-8-17(39)14-38(13-16)27-24-18-9-10-34-25(26(18)45-28(24)37-29(36-27)42-4)23-19-12-35-40(44-33)21(19)11-20(32)22(23)15-5-6-15;8-6-4-7-2-1-3-9(7)5-6;1-2/h9-12,15-17,44H,5-8,13-14H2,1-4H3;6-7H,1-5H2;1-2H3. The molecule has 1 saturated carbocycles. The number of amides is 1. The summed E-state index contributed by atoms with van der Waals surface area (Å²) in [4.78, 5) is 35.3. The minimum atomic E-state index is -0.537. The average Bonchev–Trinajstić information content (AvgIpc) is 3.42. The number of aromatic nitrogens is 5. The van der Waals surface area contributed by atoms with E-state index in [1.54, 1.807) is 18.4 Å². The number of carbonyl (C=O) groups excluding carboxylic acids is 1. The first kappa shape index (κ1) is 40.1. The Balaban J connectivity index is 0.000000347. The van der Waals surface area contributed by atoms with Crippen LogP contribution in [0.15, 0.2) is 24.5 Å². The fourth-order valence-corrected chi connectivity index (χ4v) is 12.1. The van der Waals surface area contributed by atoms with E-state index in [1.807, 2.05) is 56.4 Å². The summed E-state index contributed by atoms with van der Waals surface area (Å²) >= 11 is 11.0. The maximum absolute atomic E-state index is 13.2. The van der Waals surface area contributed by atoms with E-state index >= 15 is 0 Å². The number of hydrogen-bond donors (Lipinski definition) is 0. The highest BCUT2D eigenvalue weighted by Crippen LogP contribution is 2.53. The van der Waals surface area contributed by atoms with Crippen LogP contribution in [0.3, 0.4) is 0 Å². The molecule has 0 radical (unpaired) electrons. The van der Waals surface area contributed by atoms with Crippen molar-refractivity contribution in [3.63, 3.8) is 0 Å². The lowest BCUT2D eigenvalue weighted by atomic mass is 9.95. The molecule has 2 bridgehead atoms. The second-order valence-electron chi connectivity index (χ2n) is 16.1. The molecule has 1 amide bonds. The van der Waals surface area contributed by atoms with Crippen LogP contribution >= 0.6 is 51.4 Å². The van der Waals surface area contributed by atoms with Crippen LogP contribution in [0.1, 0.15) is 91.0 Å². The zero-order chi connectivity index (χ0) is 39.5. The van der Waals surface area contributed by atoms with Gasteiger partial charge in [0.1, 0.15) is 22.4 Å². The number of pyridine rings is 1. The third kappa shape index (κ3) is 7.55. The predicted molar refractivity (Wildman–Crippen MR) is 235 cm³/mol. The van der Waals surface area contributed by atoms with Crippen molar-refractivity contribution in [1.29, 1.82) is 0 Å². The minimum Gasteiger partial charge on any atom is -0.467 e. The van der Waals surface area contributed by atoms with Gasteiger partial charge in [0, 0.05) is 53.2 Å². The van der Waals surface area contributed by atoms with Gasteiger partial charge in [0.15, 0.2) is 0 Å². The first-order valence-corrected chi connectivity index (χ1v) is 25.1. The third-order valence-electron chi connectivity index (χ3n) is 11.4. The molecule has 4 aromatic heterocycles. The van der Waals surface area contributed by atoms with E-state index in [1.165, 1.54) is 12.8 Å². The van der Waals surface area contributed by atoms with E-state index in [2.05, 4.69) is 44.0 Å². The molecule has 4 aliphatic heterocycles. The molecule has 8 heterocycles. The number of anilines is 1. The van der Waals surface area contributed by atoms with Crippen molar-refractivity contribution in [1.82, 2.24) is 34.3 Å². The summed E-state index contributed by atoms with van der Waals surface area (Å²) in [6.07, 6.45) is 11.0. The molecule has 4 saturated heterocycles. The van der Waals surface area contributed by atoms with E-state index < -0.39 is 11.8 Å². The van der Waals surface area contributed by atoms with Gasteiger partial charge in [-0.1, -0.05) is 25.4 Å². The van der Waals surface area contributed by atoms with Gasteiger partial charge in [0.2, 0.25) is 0 Å². The molecule has 0 N–H and O–H groups in total. The van der Waals surface area contributed by atoms with Crippen LogP contribution in [0.5, 0.6) is 6.01 Å². The van der Waals surface area contributed by atoms with Crippen molar-refractivity contribution in [2.75, 3.05) is 38.2 Å². The fourth-order valence-electron chi connectivity index (χ4n) is 9.02. The molecule has 5 aromatic rings. The Kier molecular flexibility index (Phi) is 11.6. The Morgan fingerprint density at radius 1 is 1.05 bits per heavy atom. The van der Waals surface area contributed by atoms with Crippen molar-refractivity contribution < 1.29 is 18.7 Å². The molecule has 1 aromatic carbocycles. The first-order chi connectivity index (χ1) is 27.0. The number of carbonyl (C=O) groups is 1. The number of halogens is 3. The van der Waals surface area contributed by atoms with Crippen LogP contribution in [0.4, 0.5) is 15.0 Å². The lowest BCUT2D eigenvalue weighted by molar-refractivity contribution is 0.0123. The molecule has 5 fully saturated rings. The van der Waals surface area contributed by atoms with Gasteiger partial charge in [-0.25, -0.2) is 13.6 Å². The number of ether oxygens (including phenoxy) is 2. The first-order valence-electron chi connectivity index (χ1n) is 19.9. The van der Waals surface area contributed by atoms with Crippen LogP contribution in [-0.4, -0.2) is 104 Å². The molecule has 5 aliphatic rings. The Hall–Kier alpha value is -2.65. The fraction of sp³-hybridized carbons (Fsp3) is 0.575. The number of methoxy groups -OCH3 is 1. The number of hydrogen-bond acceptors (Lipinski definition) is 10. The molecule has 5 unspecified atom stereocenters. The summed E-state index contributed by atoms with van der Waals surface area (Å²) in [5.41, 5.74) is 3.62. The molecular weight excluding hydrogens is 885 g/mol. The van der Waals surface area contributed by atoms with E-state index in [4.69, 9.17) is 41.1 Å². The lowest BCUT2D eigenvalue weighted by Gasteiger charge is -2.42. The molecular formula is C40H50ClFIN8O3PS. The van der Waals surface area contributed by atoms with E-state index in [9.17, 15) is 9.18 Å². The molecule has 56 heavy (non-hydrogen) atoms. The largest absolute Gasteiger partial charge is 0.467 e. The normalized spacial score (nSPS) is 23.5. The van der Waals surface area contributed by atoms with Gasteiger partial charge < -0.3 is 14.4 Å². The Labute approximate surface area is 351 Å². The van der Waals surface area contributed by atoms with Crippen molar-refractivity contribution in [3.05, 3.63) is 35.1 Å². The summed E-state index contributed by atoms with van der Waals surface area (Å²) in [5.74, 6) is 1.25. The average molecular weight is 935 g/mol. The van der Waals surface area contributed by atoms with Gasteiger partial charge in [-0.2, -0.15) is 15.1 Å². The Morgan fingerprint density at radius 3 is 2.46 bits per heavy atom. The van der Waals surface area contributed by atoms with Crippen LogP contribution < -0.4 is 9.64 Å². The molecule has 10 rings (SSSR count). The number of fused-ring (bicyclic) bond motifs is 7. The lowest BCUT2D eigenvalue weighted by Crippen LogP contribution is -2.57. The zero-order valence-electron chi connectivity index (χ0n) is 32.8. The highest BCUT2D eigenvalue weighted by atomic mass is 127. The highest BCUT2D eigenvalue weighted by molar-refractivity contribution is 14.2. The van der Waals surface area contributed by atoms with E-state index in [-0.39, 0.29) is 18.2 Å². The van der Waals surface area contributed by atoms with Crippen LogP contribution in [0, 0.1) is 0 Å². The quantitative estimate of drug-likeness (QED) is 0.126. The van der Waals surface area contributed by atoms with E-state index in [0.29, 0.717) is 44.0 Å². The summed E-state index contributed by atoms with van der Waals surface area (Å²) in [6.45, 7) is 12.9. The second-order valence-corrected chi connectivity index (χ2v) is 19.6. The summed E-state index contributed by atoms with van der Waals surface area (Å²) < 4.78 is 27.1. The predicted octanol–water partition coefficient (Wildman–Crippen LogP) is 10.4. The van der Waals surface area contributed by atoms with Crippen LogP contribution in [-0.2, 0) is 4.74 Å². The highest BCUT2D eigenvalue weighted by Gasteiger charge is 2.45. The molecule has 5 atom stereocenters. The molecule has 11 nitrogen and oxygen atoms in total. The maximum Gasteiger partial charge on any atom is 0.410 e. The second kappa shape index (κ2) is 16.2. The topological polar surface area (TPSA) is 102 Å². The van der Waals surface area contributed by atoms with Gasteiger partial charge in [-0.05, 0) is 118 Å². The van der Waals surface area contributed by atoms with Gasteiger partial charge in [0.05, 0.1) is 53.1 Å². The molecule has 16 heteroatoms. The van der Waals surface area contributed by atoms with Crippen molar-refractivity contribution in [2.24, 2.45) is 0 Å². The number of nitrogens with zero attached hydrogens (tertiary/aromatic N) is 8. The number of benzene rings is 1.